The number of carboxylic acids is 1. The third kappa shape index (κ3) is 2.82. The molecule has 1 fully saturated rings. The van der Waals surface area contributed by atoms with E-state index in [2.05, 4.69) is 25.1 Å². The molecule has 0 heterocycles. The molecule has 1 aliphatic rings. The molecule has 17 heavy (non-hydrogen) atoms. The molecule has 0 aliphatic heterocycles. The van der Waals surface area contributed by atoms with Crippen LogP contribution in [0, 0.1) is 6.92 Å². The molecule has 0 radical (unpaired) electrons. The average Bonchev–Trinajstić information content (AvgIpc) is 2.61. The first-order valence-electron chi connectivity index (χ1n) is 5.75. The molecule has 0 saturated heterocycles. The predicted octanol–water partition coefficient (Wildman–Crippen LogP) is 2.42. The summed E-state index contributed by atoms with van der Waals surface area (Å²) in [4.78, 5) is 12.2. The lowest BCUT2D eigenvalue weighted by atomic mass is 10.0. The molecule has 0 amide bonds. The van der Waals surface area contributed by atoms with Crippen LogP contribution >= 0.6 is 11.8 Å². The van der Waals surface area contributed by atoms with Gasteiger partial charge in [0.05, 0.1) is 0 Å². The molecule has 92 valence electrons. The standard InChI is InChI=1S/C13H17NO2S/c1-9-3-2-4-10(7-9)17-11-5-6-13(14,8-11)12(15)16/h2-4,7,11H,5-6,8,14H2,1H3,(H,15,16). The van der Waals surface area contributed by atoms with Gasteiger partial charge in [-0.25, -0.2) is 0 Å². The van der Waals surface area contributed by atoms with Crippen LogP contribution in [0.3, 0.4) is 0 Å². The smallest absolute Gasteiger partial charge is 0.323 e. The molecule has 1 aromatic carbocycles. The lowest BCUT2D eigenvalue weighted by molar-refractivity contribution is -0.143. The second-order valence-corrected chi connectivity index (χ2v) is 6.13. The van der Waals surface area contributed by atoms with Crippen molar-refractivity contribution in [3.63, 3.8) is 0 Å². The molecule has 2 rings (SSSR count). The molecule has 4 heteroatoms. The van der Waals surface area contributed by atoms with Crippen molar-refractivity contribution in [3.05, 3.63) is 29.8 Å². The number of hydrogen-bond donors (Lipinski definition) is 2. The van der Waals surface area contributed by atoms with Crippen LogP contribution in [0.1, 0.15) is 24.8 Å². The summed E-state index contributed by atoms with van der Waals surface area (Å²) in [6.07, 6.45) is 2.01. The number of aliphatic carboxylic acids is 1. The minimum absolute atomic E-state index is 0.317. The van der Waals surface area contributed by atoms with Crippen molar-refractivity contribution >= 4 is 17.7 Å². The first-order chi connectivity index (χ1) is 7.99. The Morgan fingerprint density at radius 2 is 2.35 bits per heavy atom. The largest absolute Gasteiger partial charge is 0.480 e. The van der Waals surface area contributed by atoms with E-state index in [9.17, 15) is 4.79 Å². The summed E-state index contributed by atoms with van der Waals surface area (Å²) in [7, 11) is 0. The van der Waals surface area contributed by atoms with Gasteiger partial charge >= 0.3 is 5.97 Å². The quantitative estimate of drug-likeness (QED) is 0.866. The number of rotatable bonds is 3. The van der Waals surface area contributed by atoms with Crippen molar-refractivity contribution in [1.29, 1.82) is 0 Å². The topological polar surface area (TPSA) is 63.3 Å². The fraction of sp³-hybridized carbons (Fsp3) is 0.462. The molecule has 3 N–H and O–H groups in total. The van der Waals surface area contributed by atoms with Gasteiger partial charge in [-0.3, -0.25) is 4.79 Å². The highest BCUT2D eigenvalue weighted by atomic mass is 32.2. The highest BCUT2D eigenvalue weighted by molar-refractivity contribution is 8.00. The minimum Gasteiger partial charge on any atom is -0.480 e. The SMILES string of the molecule is Cc1cccc(SC2CCC(N)(C(=O)O)C2)c1. The number of nitrogens with two attached hydrogens (primary N) is 1. The van der Waals surface area contributed by atoms with Crippen LogP contribution in [-0.4, -0.2) is 21.9 Å². The van der Waals surface area contributed by atoms with Crippen LogP contribution in [0.2, 0.25) is 0 Å². The van der Waals surface area contributed by atoms with Crippen LogP contribution in [-0.2, 0) is 4.79 Å². The van der Waals surface area contributed by atoms with Crippen molar-refractivity contribution in [3.8, 4) is 0 Å². The summed E-state index contributed by atoms with van der Waals surface area (Å²) in [5.41, 5.74) is 6.08. The fourth-order valence-electron chi connectivity index (χ4n) is 2.20. The highest BCUT2D eigenvalue weighted by Gasteiger charge is 2.42. The molecule has 3 nitrogen and oxygen atoms in total. The van der Waals surface area contributed by atoms with Gasteiger partial charge in [-0.1, -0.05) is 17.7 Å². The Morgan fingerprint density at radius 3 is 2.94 bits per heavy atom. The molecule has 2 atom stereocenters. The van der Waals surface area contributed by atoms with Crippen molar-refractivity contribution < 1.29 is 9.90 Å². The monoisotopic (exact) mass is 251 g/mol. The van der Waals surface area contributed by atoms with Gasteiger partial charge in [0.15, 0.2) is 0 Å². The zero-order valence-electron chi connectivity index (χ0n) is 9.85. The Bertz CT molecular complexity index is 435. The van der Waals surface area contributed by atoms with Gasteiger partial charge in [-0.2, -0.15) is 0 Å². The van der Waals surface area contributed by atoms with Crippen molar-refractivity contribution in [2.45, 2.75) is 41.9 Å². The molecule has 0 bridgehead atoms. The van der Waals surface area contributed by atoms with Gasteiger partial charge in [-0.15, -0.1) is 11.8 Å². The normalized spacial score (nSPS) is 28.2. The van der Waals surface area contributed by atoms with E-state index in [0.29, 0.717) is 18.1 Å². The Morgan fingerprint density at radius 1 is 1.59 bits per heavy atom. The Balaban J connectivity index is 2.01. The van der Waals surface area contributed by atoms with Crippen LogP contribution in [0.15, 0.2) is 29.2 Å². The number of aryl methyl sites for hydroxylation is 1. The summed E-state index contributed by atoms with van der Waals surface area (Å²) in [5, 5.41) is 9.38. The lowest BCUT2D eigenvalue weighted by Gasteiger charge is -2.18. The number of benzene rings is 1. The van der Waals surface area contributed by atoms with Crippen LogP contribution in [0.4, 0.5) is 0 Å². The van der Waals surface area contributed by atoms with Gasteiger partial charge < -0.3 is 10.8 Å². The predicted molar refractivity (Wildman–Crippen MR) is 69.2 cm³/mol. The Kier molecular flexibility index (Phi) is 3.45. The van der Waals surface area contributed by atoms with E-state index < -0.39 is 11.5 Å². The molecule has 0 spiro atoms. The number of carboxylic acid groups (broad SMARTS) is 1. The van der Waals surface area contributed by atoms with Crippen molar-refractivity contribution in [2.24, 2.45) is 5.73 Å². The van der Waals surface area contributed by atoms with E-state index in [1.807, 2.05) is 6.07 Å². The fourth-order valence-corrected chi connectivity index (χ4v) is 3.62. The summed E-state index contributed by atoms with van der Waals surface area (Å²) < 4.78 is 0. The van der Waals surface area contributed by atoms with Crippen molar-refractivity contribution in [1.82, 2.24) is 0 Å². The summed E-state index contributed by atoms with van der Waals surface area (Å²) >= 11 is 1.74. The molecule has 2 unspecified atom stereocenters. The van der Waals surface area contributed by atoms with Crippen LogP contribution < -0.4 is 5.73 Å². The molecule has 1 aromatic rings. The maximum Gasteiger partial charge on any atom is 0.323 e. The highest BCUT2D eigenvalue weighted by Crippen LogP contribution is 2.39. The molecular formula is C13H17NO2S. The van der Waals surface area contributed by atoms with Crippen LogP contribution in [0.25, 0.3) is 0 Å². The molecule has 0 aromatic heterocycles. The zero-order valence-corrected chi connectivity index (χ0v) is 10.7. The van der Waals surface area contributed by atoms with E-state index in [0.717, 1.165) is 6.42 Å². The van der Waals surface area contributed by atoms with Gasteiger partial charge in [0.1, 0.15) is 5.54 Å². The maximum atomic E-state index is 11.0. The molecule has 1 aliphatic carbocycles. The summed E-state index contributed by atoms with van der Waals surface area (Å²) in [6.45, 7) is 2.06. The average molecular weight is 251 g/mol. The lowest BCUT2D eigenvalue weighted by Crippen LogP contribution is -2.45. The van der Waals surface area contributed by atoms with E-state index in [-0.39, 0.29) is 0 Å². The first kappa shape index (κ1) is 12.5. The Hall–Kier alpha value is -1.00. The summed E-state index contributed by atoms with van der Waals surface area (Å²) in [5.74, 6) is -0.871. The van der Waals surface area contributed by atoms with E-state index >= 15 is 0 Å². The third-order valence-corrected chi connectivity index (χ3v) is 4.48. The van der Waals surface area contributed by atoms with E-state index in [1.165, 1.54) is 10.5 Å². The number of carbonyl (C=O) groups is 1. The van der Waals surface area contributed by atoms with Gasteiger partial charge in [0.25, 0.3) is 0 Å². The zero-order chi connectivity index (χ0) is 12.5. The van der Waals surface area contributed by atoms with E-state index in [1.54, 1.807) is 11.8 Å². The van der Waals surface area contributed by atoms with Gasteiger partial charge in [0, 0.05) is 10.1 Å². The van der Waals surface area contributed by atoms with Gasteiger partial charge in [-0.05, 0) is 38.3 Å². The van der Waals surface area contributed by atoms with Crippen LogP contribution in [0.5, 0.6) is 0 Å². The number of thioether (sulfide) groups is 1. The molecular weight excluding hydrogens is 234 g/mol. The van der Waals surface area contributed by atoms with E-state index in [4.69, 9.17) is 10.8 Å². The second kappa shape index (κ2) is 4.70. The third-order valence-electron chi connectivity index (χ3n) is 3.22. The minimum atomic E-state index is -1.01. The number of hydrogen-bond acceptors (Lipinski definition) is 3. The second-order valence-electron chi connectivity index (χ2n) is 4.76. The maximum absolute atomic E-state index is 11.0. The van der Waals surface area contributed by atoms with Crippen molar-refractivity contribution in [2.75, 3.05) is 0 Å². The Labute approximate surface area is 105 Å². The van der Waals surface area contributed by atoms with Gasteiger partial charge in [0.2, 0.25) is 0 Å². The first-order valence-corrected chi connectivity index (χ1v) is 6.63. The summed E-state index contributed by atoms with van der Waals surface area (Å²) in [6, 6.07) is 8.28. The molecule has 1 saturated carbocycles.